The van der Waals surface area contributed by atoms with Gasteiger partial charge < -0.3 is 5.32 Å². The topological polar surface area (TPSA) is 96.3 Å². The van der Waals surface area contributed by atoms with Crippen molar-refractivity contribution in [3.8, 4) is 0 Å². The van der Waals surface area contributed by atoms with E-state index in [-0.39, 0.29) is 18.3 Å². The third-order valence-electron chi connectivity index (χ3n) is 3.76. The second-order valence-electron chi connectivity index (χ2n) is 5.73. The number of urea groups is 1. The highest BCUT2D eigenvalue weighted by atomic mass is 32.2. The van der Waals surface area contributed by atoms with Gasteiger partial charge in [-0.15, -0.1) is 0 Å². The number of nitrogens with one attached hydrogen (secondary N) is 2. The SMILES string of the molecule is C[C@@H](c1ccccc1)n1nccc1NC(=O)NCCS(=O)(=O)N(C)C. The van der Waals surface area contributed by atoms with Crippen molar-refractivity contribution in [3.63, 3.8) is 0 Å². The van der Waals surface area contributed by atoms with Crippen LogP contribution in [0.25, 0.3) is 0 Å². The molecule has 0 aliphatic heterocycles. The molecule has 25 heavy (non-hydrogen) atoms. The average Bonchev–Trinajstić information content (AvgIpc) is 3.02. The van der Waals surface area contributed by atoms with Crippen molar-refractivity contribution in [2.45, 2.75) is 13.0 Å². The molecule has 0 fully saturated rings. The van der Waals surface area contributed by atoms with Crippen molar-refractivity contribution >= 4 is 21.9 Å². The Morgan fingerprint density at radius 1 is 1.24 bits per heavy atom. The Morgan fingerprint density at radius 3 is 2.56 bits per heavy atom. The Balaban J connectivity index is 1.96. The zero-order valence-electron chi connectivity index (χ0n) is 14.5. The molecule has 2 rings (SSSR count). The van der Waals surface area contributed by atoms with Crippen LogP contribution in [0.2, 0.25) is 0 Å². The van der Waals surface area contributed by atoms with Crippen LogP contribution in [0, 0.1) is 0 Å². The Hall–Kier alpha value is -2.39. The molecule has 0 aliphatic rings. The van der Waals surface area contributed by atoms with E-state index in [4.69, 9.17) is 0 Å². The van der Waals surface area contributed by atoms with Crippen molar-refractivity contribution in [3.05, 3.63) is 48.2 Å². The van der Waals surface area contributed by atoms with Gasteiger partial charge in [0, 0.05) is 26.7 Å². The molecular weight excluding hydrogens is 342 g/mol. The number of sulfonamides is 1. The first-order valence-electron chi connectivity index (χ1n) is 7.85. The minimum atomic E-state index is -3.34. The van der Waals surface area contributed by atoms with E-state index in [2.05, 4.69) is 15.7 Å². The normalized spacial score (nSPS) is 12.8. The number of carbonyl (C=O) groups is 1. The molecule has 9 heteroatoms. The van der Waals surface area contributed by atoms with E-state index in [9.17, 15) is 13.2 Å². The molecule has 0 aliphatic carbocycles. The van der Waals surface area contributed by atoms with E-state index in [0.717, 1.165) is 9.87 Å². The van der Waals surface area contributed by atoms with Gasteiger partial charge in [-0.3, -0.25) is 5.32 Å². The van der Waals surface area contributed by atoms with Crippen LogP contribution in [0.15, 0.2) is 42.6 Å². The third kappa shape index (κ3) is 5.04. The zero-order valence-corrected chi connectivity index (χ0v) is 15.3. The lowest BCUT2D eigenvalue weighted by Gasteiger charge is -2.17. The van der Waals surface area contributed by atoms with Crippen molar-refractivity contribution in [2.75, 3.05) is 31.7 Å². The van der Waals surface area contributed by atoms with Gasteiger partial charge in [-0.05, 0) is 12.5 Å². The van der Waals surface area contributed by atoms with Crippen LogP contribution in [0.4, 0.5) is 10.6 Å². The third-order valence-corrected chi connectivity index (χ3v) is 5.60. The maximum Gasteiger partial charge on any atom is 0.320 e. The predicted octanol–water partition coefficient (Wildman–Crippen LogP) is 1.51. The number of hydrogen-bond donors (Lipinski definition) is 2. The van der Waals surface area contributed by atoms with Gasteiger partial charge in [-0.1, -0.05) is 30.3 Å². The molecule has 0 radical (unpaired) electrons. The molecule has 0 unspecified atom stereocenters. The number of aromatic nitrogens is 2. The Kier molecular flexibility index (Phi) is 6.16. The van der Waals surface area contributed by atoms with Gasteiger partial charge in [-0.25, -0.2) is 22.2 Å². The summed E-state index contributed by atoms with van der Waals surface area (Å²) in [5, 5.41) is 9.50. The molecule has 2 amide bonds. The second kappa shape index (κ2) is 8.13. The van der Waals surface area contributed by atoms with Gasteiger partial charge in [0.1, 0.15) is 5.82 Å². The lowest BCUT2D eigenvalue weighted by atomic mass is 10.1. The van der Waals surface area contributed by atoms with Crippen molar-refractivity contribution < 1.29 is 13.2 Å². The Morgan fingerprint density at radius 2 is 1.92 bits per heavy atom. The lowest BCUT2D eigenvalue weighted by Crippen LogP contribution is -2.36. The number of hydrogen-bond acceptors (Lipinski definition) is 4. The van der Waals surface area contributed by atoms with E-state index >= 15 is 0 Å². The highest BCUT2D eigenvalue weighted by Crippen LogP contribution is 2.21. The first kappa shape index (κ1) is 18.9. The summed E-state index contributed by atoms with van der Waals surface area (Å²) in [7, 11) is -0.426. The fourth-order valence-corrected chi connectivity index (χ4v) is 2.96. The maximum atomic E-state index is 12.0. The summed E-state index contributed by atoms with van der Waals surface area (Å²) >= 11 is 0. The van der Waals surface area contributed by atoms with E-state index < -0.39 is 16.1 Å². The Labute approximate surface area is 147 Å². The smallest absolute Gasteiger partial charge is 0.320 e. The molecule has 1 heterocycles. The summed E-state index contributed by atoms with van der Waals surface area (Å²) in [6.45, 7) is 2.00. The monoisotopic (exact) mass is 365 g/mol. The van der Waals surface area contributed by atoms with E-state index in [1.165, 1.54) is 14.1 Å². The summed E-state index contributed by atoms with van der Waals surface area (Å²) in [5.74, 6) is 0.372. The van der Waals surface area contributed by atoms with Gasteiger partial charge in [0.2, 0.25) is 10.0 Å². The van der Waals surface area contributed by atoms with Gasteiger partial charge >= 0.3 is 6.03 Å². The molecule has 136 valence electrons. The lowest BCUT2D eigenvalue weighted by molar-refractivity contribution is 0.252. The predicted molar refractivity (Wildman–Crippen MR) is 97.0 cm³/mol. The number of amides is 2. The van der Waals surface area contributed by atoms with Gasteiger partial charge in [-0.2, -0.15) is 5.10 Å². The summed E-state index contributed by atoms with van der Waals surface area (Å²) in [6, 6.07) is 11.0. The quantitative estimate of drug-likeness (QED) is 0.777. The first-order valence-corrected chi connectivity index (χ1v) is 9.45. The van der Waals surface area contributed by atoms with Crippen LogP contribution in [0.5, 0.6) is 0 Å². The standard InChI is InChI=1S/C16H23N5O3S/c1-13(14-7-5-4-6-8-14)21-15(9-10-18-21)19-16(22)17-11-12-25(23,24)20(2)3/h4-10,13H,11-12H2,1-3H3,(H2,17,19,22)/t13-/m0/s1. The van der Waals surface area contributed by atoms with Crippen LogP contribution in [-0.2, 0) is 10.0 Å². The molecule has 0 spiro atoms. The highest BCUT2D eigenvalue weighted by molar-refractivity contribution is 7.89. The van der Waals surface area contributed by atoms with E-state index in [1.54, 1.807) is 16.9 Å². The summed E-state index contributed by atoms with van der Waals surface area (Å²) in [6.07, 6.45) is 1.60. The van der Waals surface area contributed by atoms with Crippen LogP contribution in [0.3, 0.4) is 0 Å². The van der Waals surface area contributed by atoms with Gasteiger partial charge in [0.25, 0.3) is 0 Å². The molecule has 0 saturated heterocycles. The van der Waals surface area contributed by atoms with Crippen LogP contribution in [-0.4, -0.2) is 54.9 Å². The van der Waals surface area contributed by atoms with E-state index in [0.29, 0.717) is 5.82 Å². The minimum Gasteiger partial charge on any atom is -0.337 e. The van der Waals surface area contributed by atoms with Crippen molar-refractivity contribution in [1.29, 1.82) is 0 Å². The summed E-state index contributed by atoms with van der Waals surface area (Å²) in [5.41, 5.74) is 1.06. The molecular formula is C16H23N5O3S. The average molecular weight is 365 g/mol. The zero-order chi connectivity index (χ0) is 18.4. The fourth-order valence-electron chi connectivity index (χ4n) is 2.23. The minimum absolute atomic E-state index is 0.0225. The number of nitrogens with zero attached hydrogens (tertiary/aromatic N) is 3. The van der Waals surface area contributed by atoms with Crippen LogP contribution in [0.1, 0.15) is 18.5 Å². The van der Waals surface area contributed by atoms with Gasteiger partial charge in [0.05, 0.1) is 18.0 Å². The summed E-state index contributed by atoms with van der Waals surface area (Å²) < 4.78 is 26.2. The van der Waals surface area contributed by atoms with Crippen molar-refractivity contribution in [1.82, 2.24) is 19.4 Å². The number of anilines is 1. The second-order valence-corrected chi connectivity index (χ2v) is 8.03. The molecule has 2 aromatic rings. The molecule has 0 saturated carbocycles. The maximum absolute atomic E-state index is 12.0. The summed E-state index contributed by atoms with van der Waals surface area (Å²) in [4.78, 5) is 12.0. The molecule has 1 aromatic carbocycles. The first-order chi connectivity index (χ1) is 11.8. The highest BCUT2D eigenvalue weighted by Gasteiger charge is 2.16. The number of benzene rings is 1. The van der Waals surface area contributed by atoms with Crippen LogP contribution < -0.4 is 10.6 Å². The molecule has 8 nitrogen and oxygen atoms in total. The molecule has 2 N–H and O–H groups in total. The van der Waals surface area contributed by atoms with Gasteiger partial charge in [0.15, 0.2) is 0 Å². The molecule has 1 aromatic heterocycles. The number of rotatable bonds is 7. The number of carbonyl (C=O) groups excluding carboxylic acids is 1. The Bertz CT molecular complexity index is 802. The fraction of sp³-hybridized carbons (Fsp3) is 0.375. The van der Waals surface area contributed by atoms with Crippen LogP contribution >= 0.6 is 0 Å². The largest absolute Gasteiger partial charge is 0.337 e. The molecule has 1 atom stereocenters. The van der Waals surface area contributed by atoms with Crippen molar-refractivity contribution in [2.24, 2.45) is 0 Å². The molecule has 0 bridgehead atoms. The van der Waals surface area contributed by atoms with E-state index in [1.807, 2.05) is 37.3 Å².